The van der Waals surface area contributed by atoms with Crippen LogP contribution in [0.5, 0.6) is 0 Å². The van der Waals surface area contributed by atoms with Crippen molar-refractivity contribution >= 4 is 39.2 Å². The summed E-state index contributed by atoms with van der Waals surface area (Å²) in [5.41, 5.74) is 3.18. The van der Waals surface area contributed by atoms with E-state index in [9.17, 15) is 9.90 Å². The predicted octanol–water partition coefficient (Wildman–Crippen LogP) is 6.20. The van der Waals surface area contributed by atoms with Crippen LogP contribution in [0.4, 0.5) is 0 Å². The van der Waals surface area contributed by atoms with Gasteiger partial charge in [-0.15, -0.1) is 0 Å². The second kappa shape index (κ2) is 10.3. The van der Waals surface area contributed by atoms with Crippen molar-refractivity contribution in [3.63, 3.8) is 0 Å². The second-order valence-electron chi connectivity index (χ2n) is 7.91. The highest BCUT2D eigenvalue weighted by Gasteiger charge is 2.36. The number of alkyl halides is 1. The molecule has 1 aromatic carbocycles. The van der Waals surface area contributed by atoms with Gasteiger partial charge in [-0.1, -0.05) is 40.2 Å². The van der Waals surface area contributed by atoms with Gasteiger partial charge in [-0.05, 0) is 54.2 Å². The molecule has 6 nitrogen and oxygen atoms in total. The summed E-state index contributed by atoms with van der Waals surface area (Å²) >= 11 is 3.67. The Kier molecular flexibility index (Phi) is 6.77. The molecule has 4 aliphatic rings. The molecule has 0 aromatic heterocycles. The smallest absolute Gasteiger partial charge is 0.336 e. The van der Waals surface area contributed by atoms with Gasteiger partial charge in [0.2, 0.25) is 0 Å². The zero-order valence-electron chi connectivity index (χ0n) is 18.8. The minimum atomic E-state index is -1.09. The summed E-state index contributed by atoms with van der Waals surface area (Å²) in [7, 11) is 0. The largest absolute Gasteiger partial charge is 0.489 e. The van der Waals surface area contributed by atoms with E-state index in [0.29, 0.717) is 64.7 Å². The van der Waals surface area contributed by atoms with E-state index in [4.69, 9.17) is 18.9 Å². The van der Waals surface area contributed by atoms with Crippen LogP contribution in [0.3, 0.4) is 0 Å². The predicted molar refractivity (Wildman–Crippen MR) is 137 cm³/mol. The Balaban J connectivity index is 1.95. The van der Waals surface area contributed by atoms with Crippen LogP contribution >= 0.6 is 15.9 Å². The van der Waals surface area contributed by atoms with Crippen LogP contribution < -0.4 is 0 Å². The summed E-state index contributed by atoms with van der Waals surface area (Å²) in [5.74, 6) is 0.508. The Morgan fingerprint density at radius 3 is 1.86 bits per heavy atom. The lowest BCUT2D eigenvalue weighted by atomic mass is 9.81. The van der Waals surface area contributed by atoms with Gasteiger partial charge in [-0.25, -0.2) is 4.79 Å². The van der Waals surface area contributed by atoms with Gasteiger partial charge in [0.15, 0.2) is 0 Å². The molecule has 1 unspecified atom stereocenters. The molecule has 0 aliphatic carbocycles. The van der Waals surface area contributed by atoms with E-state index in [1.165, 1.54) is 0 Å². The van der Waals surface area contributed by atoms with Crippen molar-refractivity contribution in [2.75, 3.05) is 19.8 Å². The highest BCUT2D eigenvalue weighted by molar-refractivity contribution is 9.08. The molecule has 1 aromatic rings. The number of ether oxygens (including phenoxy) is 4. The summed E-state index contributed by atoms with van der Waals surface area (Å²) in [5, 5.41) is 11.1. The molecule has 0 saturated carbocycles. The fourth-order valence-corrected chi connectivity index (χ4v) is 5.03. The molecule has 0 saturated heterocycles. The molecule has 1 N–H and O–H groups in total. The van der Waals surface area contributed by atoms with Crippen LogP contribution in [0.2, 0.25) is 0 Å². The van der Waals surface area contributed by atoms with Crippen molar-refractivity contribution in [1.29, 1.82) is 0 Å². The van der Waals surface area contributed by atoms with Crippen LogP contribution in [-0.2, 0) is 24.3 Å². The number of benzene rings is 1. The molecular formula is C28H23BrO6. The summed E-state index contributed by atoms with van der Waals surface area (Å²) in [6.07, 6.45) is 23.2. The second-order valence-corrected chi connectivity index (χ2v) is 8.47. The number of hydrogen-bond acceptors (Lipinski definition) is 5. The van der Waals surface area contributed by atoms with Gasteiger partial charge < -0.3 is 24.1 Å². The van der Waals surface area contributed by atoms with E-state index in [1.807, 2.05) is 60.8 Å². The summed E-state index contributed by atoms with van der Waals surface area (Å²) in [6, 6.07) is 0. The highest BCUT2D eigenvalue weighted by Crippen LogP contribution is 2.46. The van der Waals surface area contributed by atoms with Crippen LogP contribution in [0.15, 0.2) is 79.2 Å². The Bertz CT molecular complexity index is 1290. The zero-order valence-corrected chi connectivity index (χ0v) is 20.4. The SMILES string of the molecule is O=C(O)c1c(C2=CC=CCO2)c(C2=CC=CCO2)c(CBr)c(C2=CC=CCO2)c1C1C=CC=CO1. The zero-order chi connectivity index (χ0) is 24.2. The van der Waals surface area contributed by atoms with Crippen LogP contribution in [0.25, 0.3) is 17.3 Å². The number of carbonyl (C=O) groups is 1. The summed E-state index contributed by atoms with van der Waals surface area (Å²) < 4.78 is 24.0. The first-order chi connectivity index (χ1) is 17.2. The molecule has 0 radical (unpaired) electrons. The molecule has 4 aliphatic heterocycles. The molecule has 1 atom stereocenters. The van der Waals surface area contributed by atoms with Gasteiger partial charge in [0, 0.05) is 27.6 Å². The average Bonchev–Trinajstić information content (AvgIpc) is 2.93. The van der Waals surface area contributed by atoms with Gasteiger partial charge in [-0.2, -0.15) is 0 Å². The fraction of sp³-hybridized carbons (Fsp3) is 0.179. The molecule has 0 fully saturated rings. The third-order valence-corrected chi connectivity index (χ3v) is 6.43. The number of halogens is 1. The van der Waals surface area contributed by atoms with E-state index in [2.05, 4.69) is 15.9 Å². The molecule has 35 heavy (non-hydrogen) atoms. The number of allylic oxidation sites excluding steroid dienone is 8. The fourth-order valence-electron chi connectivity index (χ4n) is 4.47. The lowest BCUT2D eigenvalue weighted by Crippen LogP contribution is -2.21. The number of carboxylic acids is 1. The van der Waals surface area contributed by atoms with Gasteiger partial charge in [0.25, 0.3) is 0 Å². The lowest BCUT2D eigenvalue weighted by molar-refractivity contribution is 0.0689. The van der Waals surface area contributed by atoms with Crippen molar-refractivity contribution in [3.05, 3.63) is 113 Å². The van der Waals surface area contributed by atoms with Gasteiger partial charge in [0.05, 0.1) is 11.8 Å². The van der Waals surface area contributed by atoms with Crippen LogP contribution in [0.1, 0.15) is 44.3 Å². The molecule has 178 valence electrons. The van der Waals surface area contributed by atoms with Crippen LogP contribution in [0, 0.1) is 0 Å². The molecule has 5 rings (SSSR count). The molecular weight excluding hydrogens is 512 g/mol. The number of carboxylic acid groups (broad SMARTS) is 1. The molecule has 0 bridgehead atoms. The van der Waals surface area contributed by atoms with E-state index in [-0.39, 0.29) is 5.56 Å². The third kappa shape index (κ3) is 4.39. The maximum absolute atomic E-state index is 13.0. The van der Waals surface area contributed by atoms with Crippen molar-refractivity contribution in [2.45, 2.75) is 11.4 Å². The van der Waals surface area contributed by atoms with Crippen molar-refractivity contribution in [2.24, 2.45) is 0 Å². The van der Waals surface area contributed by atoms with Crippen molar-refractivity contribution in [3.8, 4) is 0 Å². The Labute approximate surface area is 211 Å². The Hall–Kier alpha value is -3.71. The Morgan fingerprint density at radius 1 is 0.829 bits per heavy atom. The molecule has 7 heteroatoms. The van der Waals surface area contributed by atoms with Crippen LogP contribution in [-0.4, -0.2) is 30.9 Å². The highest BCUT2D eigenvalue weighted by atomic mass is 79.9. The summed E-state index contributed by atoms with van der Waals surface area (Å²) in [6.45, 7) is 1.11. The van der Waals surface area contributed by atoms with E-state index in [0.717, 1.165) is 5.56 Å². The van der Waals surface area contributed by atoms with Gasteiger partial charge in [0.1, 0.15) is 43.2 Å². The quantitative estimate of drug-likeness (QED) is 0.437. The number of aromatic carboxylic acids is 1. The number of hydrogen-bond donors (Lipinski definition) is 1. The standard InChI is InChI=1S/C28H23BrO6/c29-17-18-23(19-9-1-5-13-32-19)25(21-11-3-7-15-34-21)27(28(30)31)26(22-12-4-8-16-35-22)24(18)20-10-2-6-14-33-20/h1-12,15,21H,13-14,16-17H2,(H,30,31). The first-order valence-electron chi connectivity index (χ1n) is 11.2. The van der Waals surface area contributed by atoms with Gasteiger partial charge >= 0.3 is 5.97 Å². The normalized spacial score (nSPS) is 20.1. The minimum Gasteiger partial charge on any atom is -0.489 e. The minimum absolute atomic E-state index is 0.0873. The maximum Gasteiger partial charge on any atom is 0.336 e. The van der Waals surface area contributed by atoms with Gasteiger partial charge in [-0.3, -0.25) is 0 Å². The van der Waals surface area contributed by atoms with E-state index in [1.54, 1.807) is 18.4 Å². The molecule has 0 spiro atoms. The lowest BCUT2D eigenvalue weighted by Gasteiger charge is -2.30. The maximum atomic E-state index is 13.0. The molecule has 0 amide bonds. The van der Waals surface area contributed by atoms with E-state index >= 15 is 0 Å². The first kappa shape index (κ1) is 23.1. The van der Waals surface area contributed by atoms with Crippen molar-refractivity contribution in [1.82, 2.24) is 0 Å². The summed E-state index contributed by atoms with van der Waals surface area (Å²) in [4.78, 5) is 13.0. The first-order valence-corrected chi connectivity index (χ1v) is 12.3. The Morgan fingerprint density at radius 2 is 1.40 bits per heavy atom. The third-order valence-electron chi connectivity index (χ3n) is 5.87. The molecule has 4 heterocycles. The van der Waals surface area contributed by atoms with E-state index < -0.39 is 12.1 Å². The number of rotatable bonds is 6. The average molecular weight is 535 g/mol. The van der Waals surface area contributed by atoms with Crippen molar-refractivity contribution < 1.29 is 28.8 Å². The monoisotopic (exact) mass is 534 g/mol. The topological polar surface area (TPSA) is 74.2 Å².